The number of carbonyl (C=O) groups is 1. The fourth-order valence-corrected chi connectivity index (χ4v) is 2.34. The Bertz CT molecular complexity index is 749. The molecule has 0 spiro atoms. The van der Waals surface area contributed by atoms with Crippen molar-refractivity contribution >= 4 is 28.9 Å². The van der Waals surface area contributed by atoms with Crippen molar-refractivity contribution in [2.45, 2.75) is 6.54 Å². The minimum atomic E-state index is 0.418. The van der Waals surface area contributed by atoms with E-state index in [1.807, 2.05) is 53.1 Å². The van der Waals surface area contributed by atoms with Gasteiger partial charge in [-0.2, -0.15) is 0 Å². The first-order chi connectivity index (χ1) is 9.29. The number of para-hydroxylation sites is 2. The van der Waals surface area contributed by atoms with Crippen LogP contribution in [0.2, 0.25) is 5.02 Å². The first-order valence-electron chi connectivity index (χ1n) is 5.93. The van der Waals surface area contributed by atoms with Crippen molar-refractivity contribution in [2.24, 2.45) is 0 Å². The summed E-state index contributed by atoms with van der Waals surface area (Å²) in [5, 5.41) is 0.692. The van der Waals surface area contributed by atoms with Crippen LogP contribution in [0.1, 0.15) is 16.2 Å². The Hall–Kier alpha value is -2.13. The molecule has 19 heavy (non-hydrogen) atoms. The quantitative estimate of drug-likeness (QED) is 0.682. The second-order valence-electron chi connectivity index (χ2n) is 4.25. The predicted octanol–water partition coefficient (Wildman–Crippen LogP) is 3.55. The van der Waals surface area contributed by atoms with Crippen LogP contribution >= 0.6 is 11.6 Å². The Kier molecular flexibility index (Phi) is 3.05. The molecule has 0 aliphatic carbocycles. The molecule has 3 nitrogen and oxygen atoms in total. The predicted molar refractivity (Wildman–Crippen MR) is 75.7 cm³/mol. The standard InChI is InChI=1S/C15H11ClN2O/c16-12-6-2-1-5-11(12)9-18-14-8-4-3-7-13(14)17-15(18)10-19/h1-8,10H,9H2. The molecule has 0 saturated heterocycles. The minimum absolute atomic E-state index is 0.418. The normalized spacial score (nSPS) is 10.8. The van der Waals surface area contributed by atoms with E-state index in [1.165, 1.54) is 0 Å². The third kappa shape index (κ3) is 2.13. The lowest BCUT2D eigenvalue weighted by atomic mass is 10.2. The maximum absolute atomic E-state index is 11.2. The molecule has 0 N–H and O–H groups in total. The lowest BCUT2D eigenvalue weighted by Crippen LogP contribution is -2.04. The summed E-state index contributed by atoms with van der Waals surface area (Å²) in [6.07, 6.45) is 0.775. The molecule has 3 aromatic rings. The number of hydrogen-bond acceptors (Lipinski definition) is 2. The van der Waals surface area contributed by atoms with E-state index in [1.54, 1.807) is 0 Å². The van der Waals surface area contributed by atoms with E-state index < -0.39 is 0 Å². The number of fused-ring (bicyclic) bond motifs is 1. The summed E-state index contributed by atoms with van der Waals surface area (Å²) in [4.78, 5) is 15.5. The maximum atomic E-state index is 11.2. The molecule has 0 aliphatic heterocycles. The number of halogens is 1. The Morgan fingerprint density at radius 2 is 1.84 bits per heavy atom. The van der Waals surface area contributed by atoms with E-state index in [0.717, 1.165) is 22.9 Å². The zero-order valence-electron chi connectivity index (χ0n) is 10.1. The lowest BCUT2D eigenvalue weighted by molar-refractivity contribution is 0.111. The van der Waals surface area contributed by atoms with Crippen LogP contribution in [-0.2, 0) is 6.54 Å². The van der Waals surface area contributed by atoms with Gasteiger partial charge in [-0.15, -0.1) is 0 Å². The molecule has 4 heteroatoms. The molecule has 0 radical (unpaired) electrons. The van der Waals surface area contributed by atoms with Crippen LogP contribution in [0, 0.1) is 0 Å². The number of rotatable bonds is 3. The van der Waals surface area contributed by atoms with Gasteiger partial charge in [-0.25, -0.2) is 4.98 Å². The molecule has 0 unspecified atom stereocenters. The Balaban J connectivity index is 2.14. The summed E-state index contributed by atoms with van der Waals surface area (Å²) < 4.78 is 1.88. The number of carbonyl (C=O) groups excluding carboxylic acids is 1. The summed E-state index contributed by atoms with van der Waals surface area (Å²) in [6.45, 7) is 0.536. The number of benzene rings is 2. The van der Waals surface area contributed by atoms with Crippen molar-refractivity contribution in [1.29, 1.82) is 0 Å². The van der Waals surface area contributed by atoms with Crippen LogP contribution in [0.5, 0.6) is 0 Å². The topological polar surface area (TPSA) is 34.9 Å². The highest BCUT2D eigenvalue weighted by Gasteiger charge is 2.10. The third-order valence-electron chi connectivity index (χ3n) is 3.08. The lowest BCUT2D eigenvalue weighted by Gasteiger charge is -2.08. The largest absolute Gasteiger partial charge is 0.317 e. The van der Waals surface area contributed by atoms with Crippen molar-refractivity contribution in [3.8, 4) is 0 Å². The first kappa shape index (κ1) is 11.9. The van der Waals surface area contributed by atoms with Crippen LogP contribution in [0.25, 0.3) is 11.0 Å². The molecular formula is C15H11ClN2O. The smallest absolute Gasteiger partial charge is 0.185 e. The fraction of sp³-hybridized carbons (Fsp3) is 0.0667. The highest BCUT2D eigenvalue weighted by Crippen LogP contribution is 2.21. The van der Waals surface area contributed by atoms with Gasteiger partial charge in [0.15, 0.2) is 12.1 Å². The van der Waals surface area contributed by atoms with Gasteiger partial charge in [0.1, 0.15) is 0 Å². The van der Waals surface area contributed by atoms with E-state index >= 15 is 0 Å². The summed E-state index contributed by atoms with van der Waals surface area (Å²) >= 11 is 6.17. The number of imidazole rings is 1. The number of aldehydes is 1. The monoisotopic (exact) mass is 270 g/mol. The van der Waals surface area contributed by atoms with Crippen LogP contribution in [0.15, 0.2) is 48.5 Å². The van der Waals surface area contributed by atoms with Gasteiger partial charge in [-0.1, -0.05) is 41.9 Å². The molecule has 0 aliphatic rings. The van der Waals surface area contributed by atoms with E-state index in [2.05, 4.69) is 4.98 Å². The molecule has 3 rings (SSSR count). The van der Waals surface area contributed by atoms with Gasteiger partial charge in [0.05, 0.1) is 17.6 Å². The molecule has 94 valence electrons. The van der Waals surface area contributed by atoms with Gasteiger partial charge < -0.3 is 4.57 Å². The van der Waals surface area contributed by atoms with Crippen molar-refractivity contribution in [3.05, 3.63) is 64.9 Å². The second kappa shape index (κ2) is 4.86. The maximum Gasteiger partial charge on any atom is 0.185 e. The highest BCUT2D eigenvalue weighted by atomic mass is 35.5. The van der Waals surface area contributed by atoms with E-state index in [4.69, 9.17) is 11.6 Å². The van der Waals surface area contributed by atoms with Gasteiger partial charge in [-0.3, -0.25) is 4.79 Å². The summed E-state index contributed by atoms with van der Waals surface area (Å²) in [7, 11) is 0. The van der Waals surface area contributed by atoms with E-state index in [9.17, 15) is 4.79 Å². The van der Waals surface area contributed by atoms with Crippen LogP contribution in [0.3, 0.4) is 0 Å². The molecule has 1 heterocycles. The zero-order valence-corrected chi connectivity index (χ0v) is 10.8. The summed E-state index contributed by atoms with van der Waals surface area (Å²) in [5.74, 6) is 0.418. The minimum Gasteiger partial charge on any atom is -0.317 e. The number of hydrogen-bond donors (Lipinski definition) is 0. The van der Waals surface area contributed by atoms with Gasteiger partial charge in [0.2, 0.25) is 0 Å². The average Bonchev–Trinajstić information content (AvgIpc) is 2.79. The zero-order chi connectivity index (χ0) is 13.2. The molecular weight excluding hydrogens is 260 g/mol. The molecule has 0 bridgehead atoms. The van der Waals surface area contributed by atoms with Crippen LogP contribution in [0.4, 0.5) is 0 Å². The molecule has 0 fully saturated rings. The molecule has 2 aromatic carbocycles. The average molecular weight is 271 g/mol. The van der Waals surface area contributed by atoms with E-state index in [-0.39, 0.29) is 0 Å². The van der Waals surface area contributed by atoms with Crippen molar-refractivity contribution in [2.75, 3.05) is 0 Å². The summed E-state index contributed by atoms with van der Waals surface area (Å²) in [6, 6.07) is 15.3. The fourth-order valence-electron chi connectivity index (χ4n) is 2.15. The first-order valence-corrected chi connectivity index (χ1v) is 6.31. The summed E-state index contributed by atoms with van der Waals surface area (Å²) in [5.41, 5.74) is 2.72. The highest BCUT2D eigenvalue weighted by molar-refractivity contribution is 6.31. The second-order valence-corrected chi connectivity index (χ2v) is 4.66. The van der Waals surface area contributed by atoms with Crippen molar-refractivity contribution < 1.29 is 4.79 Å². The molecule has 0 atom stereocenters. The Labute approximate surface area is 115 Å². The third-order valence-corrected chi connectivity index (χ3v) is 3.44. The Morgan fingerprint density at radius 3 is 2.63 bits per heavy atom. The van der Waals surface area contributed by atoms with Crippen LogP contribution < -0.4 is 0 Å². The van der Waals surface area contributed by atoms with Crippen molar-refractivity contribution in [1.82, 2.24) is 9.55 Å². The van der Waals surface area contributed by atoms with Gasteiger partial charge >= 0.3 is 0 Å². The van der Waals surface area contributed by atoms with Crippen molar-refractivity contribution in [3.63, 3.8) is 0 Å². The molecule has 0 amide bonds. The van der Waals surface area contributed by atoms with Gasteiger partial charge in [0, 0.05) is 5.02 Å². The van der Waals surface area contributed by atoms with Gasteiger partial charge in [-0.05, 0) is 23.8 Å². The van der Waals surface area contributed by atoms with Crippen LogP contribution in [-0.4, -0.2) is 15.8 Å². The number of aromatic nitrogens is 2. The Morgan fingerprint density at radius 1 is 1.11 bits per heavy atom. The number of nitrogens with zero attached hydrogens (tertiary/aromatic N) is 2. The molecule has 1 aromatic heterocycles. The van der Waals surface area contributed by atoms with E-state index in [0.29, 0.717) is 17.4 Å². The molecule has 0 saturated carbocycles. The van der Waals surface area contributed by atoms with Gasteiger partial charge in [0.25, 0.3) is 0 Å². The SMILES string of the molecule is O=Cc1nc2ccccc2n1Cc1ccccc1Cl.